The van der Waals surface area contributed by atoms with Gasteiger partial charge in [-0.3, -0.25) is 0 Å². The number of carbonyl (C=O) groups excluding carboxylic acids is 1. The molecule has 0 bridgehead atoms. The zero-order valence-electron chi connectivity index (χ0n) is 17.8. The van der Waals surface area contributed by atoms with Gasteiger partial charge < -0.3 is 19.1 Å². The summed E-state index contributed by atoms with van der Waals surface area (Å²) in [5.74, 6) is 1.12. The minimum Gasteiger partial charge on any atom is -0.490 e. The van der Waals surface area contributed by atoms with Gasteiger partial charge in [0.15, 0.2) is 5.17 Å². The lowest BCUT2D eigenvalue weighted by Gasteiger charge is -2.33. The Morgan fingerprint density at radius 2 is 1.69 bits per heavy atom. The Hall–Kier alpha value is -2.90. The summed E-state index contributed by atoms with van der Waals surface area (Å²) in [5, 5.41) is 3.48. The van der Waals surface area contributed by atoms with Crippen molar-refractivity contribution in [3.8, 4) is 11.5 Å². The van der Waals surface area contributed by atoms with E-state index in [1.807, 2.05) is 59.8 Å². The number of fused-ring (bicyclic) bond motifs is 1. The number of aliphatic imine (C=N–C) groups is 1. The molecule has 0 aromatic heterocycles. The van der Waals surface area contributed by atoms with Crippen molar-refractivity contribution in [3.05, 3.63) is 82.0 Å². The SMILES string of the molecule is CCOC(=O)C1=C(C)N=C2SC=CN2C1c1ccc(OCCOc2ccc(Cl)cc2)cc1. The van der Waals surface area contributed by atoms with Crippen LogP contribution in [0.25, 0.3) is 0 Å². The van der Waals surface area contributed by atoms with Crippen molar-refractivity contribution in [2.45, 2.75) is 19.9 Å². The monoisotopic (exact) mass is 470 g/mol. The van der Waals surface area contributed by atoms with E-state index in [9.17, 15) is 4.79 Å². The van der Waals surface area contributed by atoms with E-state index in [2.05, 4.69) is 4.99 Å². The van der Waals surface area contributed by atoms with Gasteiger partial charge in [0.05, 0.1) is 23.9 Å². The van der Waals surface area contributed by atoms with E-state index in [-0.39, 0.29) is 12.0 Å². The second kappa shape index (κ2) is 10.1. The van der Waals surface area contributed by atoms with E-state index in [0.29, 0.717) is 36.1 Å². The van der Waals surface area contributed by atoms with Crippen molar-refractivity contribution in [2.75, 3.05) is 19.8 Å². The lowest BCUT2D eigenvalue weighted by Crippen LogP contribution is -2.34. The third-order valence-corrected chi connectivity index (χ3v) is 5.97. The van der Waals surface area contributed by atoms with Crippen molar-refractivity contribution < 1.29 is 19.0 Å². The number of rotatable bonds is 8. The standard InChI is InChI=1S/C24H23ClN2O4S/c1-3-29-23(28)21-16(2)26-24-27(12-15-32-24)22(21)17-4-8-19(9-5-17)30-13-14-31-20-10-6-18(25)7-11-20/h4-12,15,22H,3,13-14H2,1-2H3. The Labute approximate surface area is 196 Å². The number of esters is 1. The van der Waals surface area contributed by atoms with Gasteiger partial charge in [0.25, 0.3) is 0 Å². The fraction of sp³-hybridized carbons (Fsp3) is 0.250. The summed E-state index contributed by atoms with van der Waals surface area (Å²) >= 11 is 7.41. The highest BCUT2D eigenvalue weighted by Gasteiger charge is 2.37. The first-order chi connectivity index (χ1) is 15.6. The summed E-state index contributed by atoms with van der Waals surface area (Å²) in [7, 11) is 0. The highest BCUT2D eigenvalue weighted by Crippen LogP contribution is 2.41. The molecule has 2 aromatic carbocycles. The minimum atomic E-state index is -0.345. The summed E-state index contributed by atoms with van der Waals surface area (Å²) in [6, 6.07) is 14.6. The van der Waals surface area contributed by atoms with Crippen molar-refractivity contribution in [1.29, 1.82) is 0 Å². The number of hydrogen-bond acceptors (Lipinski definition) is 7. The molecule has 0 aliphatic carbocycles. The molecule has 2 aliphatic rings. The average molecular weight is 471 g/mol. The lowest BCUT2D eigenvalue weighted by atomic mass is 9.95. The van der Waals surface area contributed by atoms with E-state index < -0.39 is 0 Å². The summed E-state index contributed by atoms with van der Waals surface area (Å²) in [4.78, 5) is 19.3. The molecule has 8 heteroatoms. The highest BCUT2D eigenvalue weighted by molar-refractivity contribution is 8.16. The fourth-order valence-corrected chi connectivity index (χ4v) is 4.41. The van der Waals surface area contributed by atoms with Crippen molar-refractivity contribution in [1.82, 2.24) is 4.90 Å². The fourth-order valence-electron chi connectivity index (χ4n) is 3.49. The maximum atomic E-state index is 12.7. The quantitative estimate of drug-likeness (QED) is 0.371. The third-order valence-electron chi connectivity index (χ3n) is 4.95. The van der Waals surface area contributed by atoms with E-state index >= 15 is 0 Å². The molecule has 1 atom stereocenters. The number of thioether (sulfide) groups is 1. The van der Waals surface area contributed by atoms with Gasteiger partial charge in [-0.15, -0.1) is 0 Å². The average Bonchev–Trinajstić information content (AvgIpc) is 3.25. The van der Waals surface area contributed by atoms with Crippen LogP contribution in [-0.2, 0) is 9.53 Å². The minimum absolute atomic E-state index is 0.296. The normalized spacial score (nSPS) is 17.2. The Morgan fingerprint density at radius 1 is 1.06 bits per heavy atom. The van der Waals surface area contributed by atoms with Gasteiger partial charge in [0.2, 0.25) is 0 Å². The van der Waals surface area contributed by atoms with Gasteiger partial charge in [-0.25, -0.2) is 9.79 Å². The first kappa shape index (κ1) is 22.3. The molecule has 4 rings (SSSR count). The van der Waals surface area contributed by atoms with Crippen LogP contribution >= 0.6 is 23.4 Å². The first-order valence-corrected chi connectivity index (χ1v) is 11.5. The molecule has 32 heavy (non-hydrogen) atoms. The van der Waals surface area contributed by atoms with Crippen LogP contribution in [0.15, 0.2) is 76.4 Å². The van der Waals surface area contributed by atoms with E-state index in [0.717, 1.165) is 22.2 Å². The van der Waals surface area contributed by atoms with Crippen LogP contribution in [0.1, 0.15) is 25.5 Å². The molecule has 0 radical (unpaired) electrons. The van der Waals surface area contributed by atoms with Crippen LogP contribution in [-0.4, -0.2) is 35.9 Å². The van der Waals surface area contributed by atoms with Gasteiger partial charge in [-0.1, -0.05) is 35.5 Å². The Bertz CT molecular complexity index is 1060. The first-order valence-electron chi connectivity index (χ1n) is 10.3. The number of benzene rings is 2. The largest absolute Gasteiger partial charge is 0.490 e. The zero-order chi connectivity index (χ0) is 22.5. The molecule has 0 saturated carbocycles. The van der Waals surface area contributed by atoms with E-state index in [1.54, 1.807) is 19.1 Å². The van der Waals surface area contributed by atoms with Crippen LogP contribution in [0.4, 0.5) is 0 Å². The number of halogens is 1. The number of carbonyl (C=O) groups is 1. The van der Waals surface area contributed by atoms with Crippen LogP contribution < -0.4 is 9.47 Å². The van der Waals surface area contributed by atoms with Gasteiger partial charge in [0, 0.05) is 11.2 Å². The number of allylic oxidation sites excluding steroid dienone is 1. The maximum absolute atomic E-state index is 12.7. The Kier molecular flexibility index (Phi) is 7.07. The summed E-state index contributed by atoms with van der Waals surface area (Å²) in [6.07, 6.45) is 1.94. The van der Waals surface area contributed by atoms with Crippen LogP contribution in [0.2, 0.25) is 5.02 Å². The van der Waals surface area contributed by atoms with Gasteiger partial charge in [-0.05, 0) is 61.2 Å². The molecule has 2 heterocycles. The highest BCUT2D eigenvalue weighted by atomic mass is 35.5. The van der Waals surface area contributed by atoms with Crippen LogP contribution in [0.5, 0.6) is 11.5 Å². The van der Waals surface area contributed by atoms with Gasteiger partial charge >= 0.3 is 5.97 Å². The molecule has 0 amide bonds. The maximum Gasteiger partial charge on any atom is 0.338 e. The van der Waals surface area contributed by atoms with Crippen molar-refractivity contribution in [3.63, 3.8) is 0 Å². The third kappa shape index (κ3) is 4.95. The Morgan fingerprint density at radius 3 is 2.31 bits per heavy atom. The van der Waals surface area contributed by atoms with Crippen LogP contribution in [0, 0.1) is 0 Å². The zero-order valence-corrected chi connectivity index (χ0v) is 19.4. The second-order valence-electron chi connectivity index (χ2n) is 7.05. The van der Waals surface area contributed by atoms with Crippen LogP contribution in [0.3, 0.4) is 0 Å². The predicted octanol–water partition coefficient (Wildman–Crippen LogP) is 5.57. The predicted molar refractivity (Wildman–Crippen MR) is 127 cm³/mol. The molecule has 2 aliphatic heterocycles. The summed E-state index contributed by atoms with van der Waals surface area (Å²) < 4.78 is 16.8. The summed E-state index contributed by atoms with van der Waals surface area (Å²) in [6.45, 7) is 4.78. The number of amidine groups is 1. The van der Waals surface area contributed by atoms with Gasteiger partial charge in [0.1, 0.15) is 24.7 Å². The Balaban J connectivity index is 1.43. The number of hydrogen-bond donors (Lipinski definition) is 0. The molecular formula is C24H23ClN2O4S. The summed E-state index contributed by atoms with van der Waals surface area (Å²) in [5.41, 5.74) is 2.18. The molecular weight excluding hydrogens is 448 g/mol. The molecule has 0 fully saturated rings. The van der Waals surface area contributed by atoms with E-state index in [4.69, 9.17) is 25.8 Å². The number of ether oxygens (including phenoxy) is 3. The number of nitrogens with zero attached hydrogens (tertiary/aromatic N) is 2. The van der Waals surface area contributed by atoms with Crippen molar-refractivity contribution in [2.24, 2.45) is 4.99 Å². The molecule has 0 saturated heterocycles. The molecule has 2 aromatic rings. The lowest BCUT2D eigenvalue weighted by molar-refractivity contribution is -0.139. The molecule has 0 spiro atoms. The molecule has 6 nitrogen and oxygen atoms in total. The molecule has 166 valence electrons. The molecule has 1 unspecified atom stereocenters. The van der Waals surface area contributed by atoms with E-state index in [1.165, 1.54) is 11.8 Å². The second-order valence-corrected chi connectivity index (χ2v) is 8.36. The van der Waals surface area contributed by atoms with Gasteiger partial charge in [-0.2, -0.15) is 0 Å². The topological polar surface area (TPSA) is 60.4 Å². The van der Waals surface area contributed by atoms with Crippen molar-refractivity contribution >= 4 is 34.5 Å². The molecule has 0 N–H and O–H groups in total. The smallest absolute Gasteiger partial charge is 0.338 e.